The van der Waals surface area contributed by atoms with E-state index in [1.165, 1.54) is 0 Å². The molecule has 1 aliphatic heterocycles. The molecular formula is C22H23Cl2N3O3. The van der Waals surface area contributed by atoms with E-state index < -0.39 is 6.04 Å². The van der Waals surface area contributed by atoms with Crippen LogP contribution in [-0.2, 0) is 4.79 Å². The van der Waals surface area contributed by atoms with Crippen molar-refractivity contribution in [3.8, 4) is 0 Å². The van der Waals surface area contributed by atoms with E-state index in [0.717, 1.165) is 6.42 Å². The Morgan fingerprint density at radius 2 is 1.60 bits per heavy atom. The van der Waals surface area contributed by atoms with Crippen LogP contribution in [0.25, 0.3) is 0 Å². The summed E-state index contributed by atoms with van der Waals surface area (Å²) in [6.45, 7) is 1.37. The first-order valence-electron chi connectivity index (χ1n) is 9.84. The summed E-state index contributed by atoms with van der Waals surface area (Å²) in [5.74, 6) is -0.592. The zero-order valence-electron chi connectivity index (χ0n) is 16.4. The highest BCUT2D eigenvalue weighted by Crippen LogP contribution is 2.24. The molecule has 3 rings (SSSR count). The summed E-state index contributed by atoms with van der Waals surface area (Å²) >= 11 is 12.0. The number of hydrogen-bond donors (Lipinski definition) is 2. The molecule has 1 aliphatic rings. The second kappa shape index (κ2) is 10.5. The van der Waals surface area contributed by atoms with Gasteiger partial charge in [0.05, 0.1) is 0 Å². The van der Waals surface area contributed by atoms with Crippen molar-refractivity contribution in [2.75, 3.05) is 19.6 Å². The lowest BCUT2D eigenvalue weighted by Gasteiger charge is -2.24. The van der Waals surface area contributed by atoms with E-state index in [0.29, 0.717) is 53.6 Å². The fraction of sp³-hybridized carbons (Fsp3) is 0.318. The van der Waals surface area contributed by atoms with Crippen molar-refractivity contribution in [1.82, 2.24) is 15.5 Å². The van der Waals surface area contributed by atoms with Crippen molar-refractivity contribution in [2.24, 2.45) is 0 Å². The van der Waals surface area contributed by atoms with E-state index in [1.54, 1.807) is 47.4 Å². The Morgan fingerprint density at radius 1 is 0.933 bits per heavy atom. The molecule has 0 radical (unpaired) electrons. The van der Waals surface area contributed by atoms with Gasteiger partial charge in [-0.25, -0.2) is 0 Å². The summed E-state index contributed by atoms with van der Waals surface area (Å²) in [6.07, 6.45) is 1.96. The smallest absolute Gasteiger partial charge is 0.254 e. The summed E-state index contributed by atoms with van der Waals surface area (Å²) in [5, 5.41) is 6.44. The maximum atomic E-state index is 12.8. The molecule has 8 heteroatoms. The number of halogens is 2. The summed E-state index contributed by atoms with van der Waals surface area (Å²) in [4.78, 5) is 39.0. The van der Waals surface area contributed by atoms with E-state index in [1.807, 2.05) is 6.07 Å². The minimum absolute atomic E-state index is 0.144. The molecule has 6 nitrogen and oxygen atoms in total. The molecule has 0 aliphatic carbocycles. The zero-order valence-corrected chi connectivity index (χ0v) is 17.9. The molecule has 1 atom stereocenters. The van der Waals surface area contributed by atoms with Gasteiger partial charge in [0.2, 0.25) is 5.91 Å². The van der Waals surface area contributed by atoms with Gasteiger partial charge < -0.3 is 15.5 Å². The fourth-order valence-electron chi connectivity index (χ4n) is 3.44. The first kappa shape index (κ1) is 22.1. The number of carbonyl (C=O) groups excluding carboxylic acids is 3. The lowest BCUT2D eigenvalue weighted by Crippen LogP contribution is -2.46. The van der Waals surface area contributed by atoms with Gasteiger partial charge in [0, 0.05) is 40.8 Å². The van der Waals surface area contributed by atoms with Crippen molar-refractivity contribution in [3.05, 3.63) is 69.7 Å². The van der Waals surface area contributed by atoms with Gasteiger partial charge in [-0.15, -0.1) is 0 Å². The number of rotatable bonds is 7. The highest BCUT2D eigenvalue weighted by molar-refractivity contribution is 6.35. The first-order chi connectivity index (χ1) is 14.5. The molecule has 2 N–H and O–H groups in total. The van der Waals surface area contributed by atoms with Crippen molar-refractivity contribution in [3.63, 3.8) is 0 Å². The Bertz CT molecular complexity index is 901. The number of amides is 3. The molecule has 1 fully saturated rings. The van der Waals surface area contributed by atoms with Gasteiger partial charge in [-0.05, 0) is 49.6 Å². The summed E-state index contributed by atoms with van der Waals surface area (Å²) in [6, 6.07) is 13.1. The molecule has 0 saturated carbocycles. The average molecular weight is 448 g/mol. The molecule has 158 valence electrons. The Labute approximate surface area is 185 Å². The van der Waals surface area contributed by atoms with E-state index >= 15 is 0 Å². The zero-order chi connectivity index (χ0) is 21.5. The summed E-state index contributed by atoms with van der Waals surface area (Å²) < 4.78 is 0. The molecule has 1 saturated heterocycles. The summed E-state index contributed by atoms with van der Waals surface area (Å²) in [7, 11) is 0. The van der Waals surface area contributed by atoms with Crippen LogP contribution in [-0.4, -0.2) is 48.3 Å². The van der Waals surface area contributed by atoms with E-state index in [9.17, 15) is 14.4 Å². The van der Waals surface area contributed by atoms with Crippen LogP contribution in [0.3, 0.4) is 0 Å². The Kier molecular flexibility index (Phi) is 7.71. The highest BCUT2D eigenvalue weighted by Gasteiger charge is 2.34. The van der Waals surface area contributed by atoms with Crippen LogP contribution in [0.1, 0.15) is 40.0 Å². The van der Waals surface area contributed by atoms with Crippen LogP contribution in [0.15, 0.2) is 48.5 Å². The SMILES string of the molecule is O=C(NCCCNC(=O)[C@H]1CCCN1C(=O)c1cc(Cl)cc(Cl)c1)c1ccccc1. The fourth-order valence-corrected chi connectivity index (χ4v) is 3.96. The molecule has 2 aromatic carbocycles. The van der Waals surface area contributed by atoms with Gasteiger partial charge in [0.15, 0.2) is 0 Å². The molecule has 1 heterocycles. The van der Waals surface area contributed by atoms with Crippen LogP contribution in [0.2, 0.25) is 10.0 Å². The topological polar surface area (TPSA) is 78.5 Å². The van der Waals surface area contributed by atoms with Crippen molar-refractivity contribution in [1.29, 1.82) is 0 Å². The molecular weight excluding hydrogens is 425 g/mol. The van der Waals surface area contributed by atoms with Gasteiger partial charge >= 0.3 is 0 Å². The standard InChI is InChI=1S/C22H23Cl2N3O3/c23-17-12-16(13-18(24)14-17)22(30)27-11-4-8-19(27)21(29)26-10-5-9-25-20(28)15-6-2-1-3-7-15/h1-3,6-7,12-14,19H,4-5,8-11H2,(H,25,28)(H,26,29)/t19-/m1/s1. The van der Waals surface area contributed by atoms with Crippen LogP contribution in [0.4, 0.5) is 0 Å². The average Bonchev–Trinajstić information content (AvgIpc) is 3.22. The van der Waals surface area contributed by atoms with Crippen molar-refractivity contribution < 1.29 is 14.4 Å². The normalized spacial score (nSPS) is 15.7. The molecule has 0 aromatic heterocycles. The Hall–Kier alpha value is -2.57. The van der Waals surface area contributed by atoms with Gasteiger partial charge in [-0.3, -0.25) is 14.4 Å². The monoisotopic (exact) mass is 447 g/mol. The minimum Gasteiger partial charge on any atom is -0.354 e. The molecule has 0 unspecified atom stereocenters. The van der Waals surface area contributed by atoms with Crippen LogP contribution in [0, 0.1) is 0 Å². The van der Waals surface area contributed by atoms with E-state index in [4.69, 9.17) is 23.2 Å². The Balaban J connectivity index is 1.46. The number of benzene rings is 2. The molecule has 2 aromatic rings. The molecule has 3 amide bonds. The second-order valence-electron chi connectivity index (χ2n) is 7.08. The third-order valence-electron chi connectivity index (χ3n) is 4.90. The third kappa shape index (κ3) is 5.74. The maximum Gasteiger partial charge on any atom is 0.254 e. The second-order valence-corrected chi connectivity index (χ2v) is 7.95. The van der Waals surface area contributed by atoms with Gasteiger partial charge in [0.1, 0.15) is 6.04 Å². The van der Waals surface area contributed by atoms with Gasteiger partial charge in [-0.1, -0.05) is 41.4 Å². The first-order valence-corrected chi connectivity index (χ1v) is 10.6. The van der Waals surface area contributed by atoms with E-state index in [-0.39, 0.29) is 17.7 Å². The quantitative estimate of drug-likeness (QED) is 0.637. The largest absolute Gasteiger partial charge is 0.354 e. The lowest BCUT2D eigenvalue weighted by molar-refractivity contribution is -0.124. The van der Waals surface area contributed by atoms with Crippen LogP contribution < -0.4 is 10.6 Å². The predicted octanol–water partition coefficient (Wildman–Crippen LogP) is 3.53. The van der Waals surface area contributed by atoms with Crippen molar-refractivity contribution in [2.45, 2.75) is 25.3 Å². The number of nitrogens with one attached hydrogen (secondary N) is 2. The minimum atomic E-state index is -0.519. The number of nitrogens with zero attached hydrogens (tertiary/aromatic N) is 1. The van der Waals surface area contributed by atoms with Crippen molar-refractivity contribution >= 4 is 40.9 Å². The highest BCUT2D eigenvalue weighted by atomic mass is 35.5. The Morgan fingerprint density at radius 3 is 2.30 bits per heavy atom. The molecule has 0 spiro atoms. The summed E-state index contributed by atoms with van der Waals surface area (Å²) in [5.41, 5.74) is 0.971. The molecule has 0 bridgehead atoms. The van der Waals surface area contributed by atoms with Gasteiger partial charge in [0.25, 0.3) is 11.8 Å². The maximum absolute atomic E-state index is 12.8. The number of carbonyl (C=O) groups is 3. The molecule has 30 heavy (non-hydrogen) atoms. The number of hydrogen-bond acceptors (Lipinski definition) is 3. The van der Waals surface area contributed by atoms with Crippen LogP contribution >= 0.6 is 23.2 Å². The number of likely N-dealkylation sites (tertiary alicyclic amines) is 1. The van der Waals surface area contributed by atoms with Gasteiger partial charge in [-0.2, -0.15) is 0 Å². The lowest BCUT2D eigenvalue weighted by atomic mass is 10.1. The van der Waals surface area contributed by atoms with E-state index in [2.05, 4.69) is 10.6 Å². The third-order valence-corrected chi connectivity index (χ3v) is 5.34. The predicted molar refractivity (Wildman–Crippen MR) is 117 cm³/mol. The van der Waals surface area contributed by atoms with Crippen LogP contribution in [0.5, 0.6) is 0 Å².